The Labute approximate surface area is 430 Å². The molecule has 0 fully saturated rings. The lowest BCUT2D eigenvalue weighted by atomic mass is 9.85. The highest BCUT2D eigenvalue weighted by Crippen LogP contribution is 2.54. The molecular weight excluding hydrogens is 875 g/mol. The molecule has 3 heterocycles. The van der Waals surface area contributed by atoms with Gasteiger partial charge in [-0.1, -0.05) is 141 Å². The number of anilines is 4. The summed E-state index contributed by atoms with van der Waals surface area (Å²) in [6.45, 7) is 17.5. The quantitative estimate of drug-likeness (QED) is 0.152. The summed E-state index contributed by atoms with van der Waals surface area (Å²) in [5, 5.41) is 1.68. The van der Waals surface area contributed by atoms with Crippen LogP contribution in [0.1, 0.15) is 84.5 Å². The molecule has 0 bridgehead atoms. The summed E-state index contributed by atoms with van der Waals surface area (Å²) in [5.41, 5.74) is 9.17. The summed E-state index contributed by atoms with van der Waals surface area (Å²) >= 11 is 0. The standard InChI is InChI=1S/C65H58F2N4/c1-40-32-41(2)60(42(3)33-40)48-34-51(65(66,67)50-28-29-54-53-24-16-17-25-55(53)71(58(54)37-50)59-38-49(30-31-68-59)64(7,8)9)36-52(35-48)69-39-70(57-27-19-18-26-56(57)69)63-61(46-20-12-10-13-21-46)44(5)43(4)45(6)62(63)47-22-14-11-15-23-47/h10-38H,39H2,1-9H3/i10D,11D,12D,13D,14D,15D,20D,21D,22D,23D. The molecule has 1 aliphatic heterocycles. The smallest absolute Gasteiger partial charge is 0.298 e. The summed E-state index contributed by atoms with van der Waals surface area (Å²) in [6.07, 6.45) is 1.75. The first-order chi connectivity index (χ1) is 38.2. The number of hydrogen-bond acceptors (Lipinski definition) is 3. The van der Waals surface area contributed by atoms with Crippen molar-refractivity contribution in [2.75, 3.05) is 16.5 Å². The zero-order chi connectivity index (χ0) is 58.2. The van der Waals surface area contributed by atoms with E-state index in [1.54, 1.807) is 51.2 Å². The highest BCUT2D eigenvalue weighted by atomic mass is 19.3. The van der Waals surface area contributed by atoms with Crippen LogP contribution in [0.15, 0.2) is 176 Å². The lowest BCUT2D eigenvalue weighted by Gasteiger charge is -2.31. The Hall–Kier alpha value is -7.83. The molecule has 0 N–H and O–H groups in total. The van der Waals surface area contributed by atoms with E-state index in [0.717, 1.165) is 44.1 Å². The molecule has 0 saturated heterocycles. The second kappa shape index (κ2) is 17.2. The van der Waals surface area contributed by atoms with E-state index in [1.807, 2.05) is 108 Å². The van der Waals surface area contributed by atoms with Crippen molar-refractivity contribution in [1.82, 2.24) is 9.55 Å². The van der Waals surface area contributed by atoms with Crippen molar-refractivity contribution >= 4 is 44.6 Å². The zero-order valence-electron chi connectivity index (χ0n) is 51.2. The van der Waals surface area contributed by atoms with Crippen LogP contribution in [0, 0.1) is 41.5 Å². The van der Waals surface area contributed by atoms with Gasteiger partial charge in [0.05, 0.1) is 41.8 Å². The number of alkyl halides is 2. The molecule has 0 radical (unpaired) electrons. The molecule has 4 nitrogen and oxygen atoms in total. The lowest BCUT2D eigenvalue weighted by Crippen LogP contribution is -2.26. The summed E-state index contributed by atoms with van der Waals surface area (Å²) in [4.78, 5) is 8.51. The average molecular weight is 943 g/mol. The van der Waals surface area contributed by atoms with Crippen LogP contribution in [-0.2, 0) is 11.3 Å². The Balaban J connectivity index is 1.17. The first-order valence-electron chi connectivity index (χ1n) is 28.8. The monoisotopic (exact) mass is 943 g/mol. The third kappa shape index (κ3) is 7.68. The van der Waals surface area contributed by atoms with E-state index in [4.69, 9.17) is 13.2 Å². The topological polar surface area (TPSA) is 24.3 Å². The minimum Gasteiger partial charge on any atom is -0.321 e. The fourth-order valence-electron chi connectivity index (χ4n) is 10.7. The van der Waals surface area contributed by atoms with Gasteiger partial charge in [0.2, 0.25) is 0 Å². The van der Waals surface area contributed by atoms with E-state index < -0.39 is 66.3 Å². The maximum atomic E-state index is 18.4. The number of hydrogen-bond donors (Lipinski definition) is 0. The second-order valence-electron chi connectivity index (χ2n) is 19.8. The van der Waals surface area contributed by atoms with Gasteiger partial charge in [0.1, 0.15) is 12.5 Å². The van der Waals surface area contributed by atoms with E-state index in [9.17, 15) is 5.48 Å². The van der Waals surface area contributed by atoms with Crippen LogP contribution in [0.3, 0.4) is 0 Å². The van der Waals surface area contributed by atoms with Crippen LogP contribution in [-0.4, -0.2) is 16.2 Å². The van der Waals surface area contributed by atoms with E-state index in [1.165, 1.54) is 12.1 Å². The normalized spacial score (nSPS) is 14.9. The van der Waals surface area contributed by atoms with Crippen molar-refractivity contribution in [3.05, 3.63) is 226 Å². The van der Waals surface area contributed by atoms with E-state index in [-0.39, 0.29) is 51.2 Å². The Kier molecular flexibility index (Phi) is 8.57. The first kappa shape index (κ1) is 35.3. The number of aromatic nitrogens is 2. The van der Waals surface area contributed by atoms with E-state index in [2.05, 4.69) is 20.8 Å². The van der Waals surface area contributed by atoms with Crippen molar-refractivity contribution in [3.8, 4) is 39.2 Å². The highest BCUT2D eigenvalue weighted by Gasteiger charge is 2.38. The maximum Gasteiger partial charge on any atom is 0.298 e. The van der Waals surface area contributed by atoms with Gasteiger partial charge in [0.25, 0.3) is 5.92 Å². The minimum absolute atomic E-state index is 0.119. The Morgan fingerprint density at radius 1 is 0.521 bits per heavy atom. The third-order valence-corrected chi connectivity index (χ3v) is 14.3. The third-order valence-electron chi connectivity index (χ3n) is 14.3. The molecule has 0 aliphatic carbocycles. The molecule has 10 aromatic rings. The largest absolute Gasteiger partial charge is 0.321 e. The van der Waals surface area contributed by atoms with Crippen LogP contribution in [0.5, 0.6) is 0 Å². The van der Waals surface area contributed by atoms with Crippen molar-refractivity contribution < 1.29 is 22.5 Å². The summed E-state index contributed by atoms with van der Waals surface area (Å²) in [5.74, 6) is -3.01. The van der Waals surface area contributed by atoms with Gasteiger partial charge < -0.3 is 9.80 Å². The molecule has 71 heavy (non-hydrogen) atoms. The summed E-state index contributed by atoms with van der Waals surface area (Å²) in [6, 6.07) is 27.4. The van der Waals surface area contributed by atoms with Crippen molar-refractivity contribution in [2.24, 2.45) is 0 Å². The number of halogens is 2. The molecule has 1 aliphatic rings. The van der Waals surface area contributed by atoms with Crippen LogP contribution in [0.25, 0.3) is 61.0 Å². The molecule has 0 amide bonds. The number of pyridine rings is 1. The van der Waals surface area contributed by atoms with Crippen molar-refractivity contribution in [3.63, 3.8) is 0 Å². The average Bonchev–Trinajstić information content (AvgIpc) is 2.81. The fraction of sp³-hybridized carbons (Fsp3) is 0.185. The summed E-state index contributed by atoms with van der Waals surface area (Å²) < 4.78 is 129. The Morgan fingerprint density at radius 2 is 1.11 bits per heavy atom. The molecule has 0 atom stereocenters. The predicted molar refractivity (Wildman–Crippen MR) is 293 cm³/mol. The predicted octanol–water partition coefficient (Wildman–Crippen LogP) is 17.7. The maximum absolute atomic E-state index is 18.4. The van der Waals surface area contributed by atoms with Crippen molar-refractivity contribution in [1.29, 1.82) is 0 Å². The first-order valence-corrected chi connectivity index (χ1v) is 23.8. The van der Waals surface area contributed by atoms with E-state index >= 15 is 8.78 Å². The number of aryl methyl sites for hydroxylation is 3. The van der Waals surface area contributed by atoms with Gasteiger partial charge in [0, 0.05) is 44.9 Å². The molecule has 352 valence electrons. The number of rotatable bonds is 8. The lowest BCUT2D eigenvalue weighted by molar-refractivity contribution is 0.0430. The highest BCUT2D eigenvalue weighted by molar-refractivity contribution is 6.09. The molecular formula is C65H58F2N4. The minimum atomic E-state index is -3.61. The van der Waals surface area contributed by atoms with E-state index in [0.29, 0.717) is 50.7 Å². The van der Waals surface area contributed by atoms with Gasteiger partial charge in [0.15, 0.2) is 0 Å². The van der Waals surface area contributed by atoms with Crippen LogP contribution in [0.4, 0.5) is 31.5 Å². The van der Waals surface area contributed by atoms with Gasteiger partial charge in [-0.05, 0) is 157 Å². The SMILES string of the molecule is [2H]c1c([2H])c([2H])c(-c2c(C)c(C)c(C)c(-c3c([2H])c([2H])c([2H])c([2H])c3[2H])c2N2CN(c3cc(-c4c(C)cc(C)cc4C)cc(C(F)(F)c4ccc5c6ccccc6n(-c6cc(C(C)(C)C)ccn6)c5c4)c3)c3ccccc32)c([2H])c1[2H]. The van der Waals surface area contributed by atoms with Crippen LogP contribution in [0.2, 0.25) is 0 Å². The second-order valence-corrected chi connectivity index (χ2v) is 19.8. The Bertz CT molecular complexity index is 4160. The number of nitrogens with zero attached hydrogens (tertiary/aromatic N) is 4. The molecule has 0 saturated carbocycles. The number of fused-ring (bicyclic) bond motifs is 4. The fourth-order valence-corrected chi connectivity index (χ4v) is 10.7. The van der Waals surface area contributed by atoms with Crippen molar-refractivity contribution in [2.45, 2.75) is 73.7 Å². The van der Waals surface area contributed by atoms with Crippen LogP contribution < -0.4 is 9.80 Å². The van der Waals surface area contributed by atoms with Gasteiger partial charge in [-0.3, -0.25) is 4.57 Å². The molecule has 2 aromatic heterocycles. The molecule has 6 heteroatoms. The number of para-hydroxylation sites is 3. The Morgan fingerprint density at radius 3 is 1.75 bits per heavy atom. The van der Waals surface area contributed by atoms with Gasteiger partial charge in [-0.25, -0.2) is 4.98 Å². The van der Waals surface area contributed by atoms with Gasteiger partial charge >= 0.3 is 0 Å². The molecule has 0 unspecified atom stereocenters. The van der Waals surface area contributed by atoms with Gasteiger partial charge in [-0.15, -0.1) is 0 Å². The molecule has 8 aromatic carbocycles. The number of benzene rings is 8. The molecule has 11 rings (SSSR count). The van der Waals surface area contributed by atoms with Gasteiger partial charge in [-0.2, -0.15) is 8.78 Å². The molecule has 0 spiro atoms. The summed E-state index contributed by atoms with van der Waals surface area (Å²) in [7, 11) is 0. The van der Waals surface area contributed by atoms with Crippen LogP contribution >= 0.6 is 0 Å². The zero-order valence-corrected chi connectivity index (χ0v) is 41.2.